The van der Waals surface area contributed by atoms with Crippen LogP contribution in [0.2, 0.25) is 0 Å². The van der Waals surface area contributed by atoms with Crippen LogP contribution in [-0.4, -0.2) is 37.0 Å². The third-order valence-electron chi connectivity index (χ3n) is 3.67. The molecule has 0 spiro atoms. The lowest BCUT2D eigenvalue weighted by Gasteiger charge is -2.45. The van der Waals surface area contributed by atoms with Crippen LogP contribution < -0.4 is 0 Å². The third kappa shape index (κ3) is 1.61. The van der Waals surface area contributed by atoms with Gasteiger partial charge < -0.3 is 0 Å². The molecule has 2 saturated carbocycles. The molecule has 0 amide bonds. The van der Waals surface area contributed by atoms with E-state index in [1.165, 1.54) is 0 Å². The Bertz CT molecular complexity index is 260. The van der Waals surface area contributed by atoms with E-state index in [0.717, 1.165) is 0 Å². The lowest BCUT2D eigenvalue weighted by Crippen LogP contribution is -2.58. The van der Waals surface area contributed by atoms with Gasteiger partial charge in [-0.3, -0.25) is 0 Å². The highest BCUT2D eigenvalue weighted by Crippen LogP contribution is 2.47. The second-order valence-corrected chi connectivity index (χ2v) is 4.56. The first kappa shape index (κ1) is 12.0. The van der Waals surface area contributed by atoms with E-state index < -0.39 is 48.9 Å². The Balaban J connectivity index is 2.24. The van der Waals surface area contributed by atoms with Gasteiger partial charge in [-0.05, 0) is 12.8 Å². The highest BCUT2D eigenvalue weighted by molar-refractivity contribution is 5.04. The van der Waals surface area contributed by atoms with Crippen molar-refractivity contribution in [3.8, 4) is 0 Å². The maximum atomic E-state index is 13.4. The summed E-state index contributed by atoms with van der Waals surface area (Å²) in [6, 6.07) is 0. The molecule has 2 aliphatic carbocycles. The number of hydrogen-bond donors (Lipinski definition) is 0. The lowest BCUT2D eigenvalue weighted by atomic mass is 9.66. The van der Waals surface area contributed by atoms with Gasteiger partial charge in [-0.25, -0.2) is 26.3 Å². The molecule has 0 radical (unpaired) electrons. The van der Waals surface area contributed by atoms with Crippen molar-refractivity contribution >= 4 is 0 Å². The molecule has 2 fully saturated rings. The molecule has 0 aromatic carbocycles. The Kier molecular flexibility index (Phi) is 3.09. The molecule has 16 heavy (non-hydrogen) atoms. The van der Waals surface area contributed by atoms with Crippen LogP contribution in [-0.2, 0) is 0 Å². The number of halogens is 6. The molecule has 0 heterocycles. The summed E-state index contributed by atoms with van der Waals surface area (Å²) in [6.07, 6.45) is -14.5. The monoisotopic (exact) mass is 246 g/mol. The summed E-state index contributed by atoms with van der Waals surface area (Å²) in [4.78, 5) is 0. The second kappa shape index (κ2) is 4.11. The average Bonchev–Trinajstić information content (AvgIpc) is 2.27. The van der Waals surface area contributed by atoms with Crippen LogP contribution in [0.3, 0.4) is 0 Å². The maximum absolute atomic E-state index is 13.4. The fourth-order valence-electron chi connectivity index (χ4n) is 2.76. The predicted octanol–water partition coefficient (Wildman–Crippen LogP) is 3.05. The summed E-state index contributed by atoms with van der Waals surface area (Å²) in [5.41, 5.74) is 0. The number of hydrogen-bond acceptors (Lipinski definition) is 0. The summed E-state index contributed by atoms with van der Waals surface area (Å²) < 4.78 is 79.1. The van der Waals surface area contributed by atoms with Crippen LogP contribution in [0.25, 0.3) is 0 Å². The topological polar surface area (TPSA) is 0 Å². The molecular formula is C10H12F6. The summed E-state index contributed by atoms with van der Waals surface area (Å²) in [5.74, 6) is -2.94. The molecule has 0 aromatic rings. The SMILES string of the molecule is FC1CCC2C(F)C(F)C(F)C(F)C2C1F. The highest BCUT2D eigenvalue weighted by atomic mass is 19.2. The van der Waals surface area contributed by atoms with E-state index in [2.05, 4.69) is 0 Å². The normalized spacial score (nSPS) is 58.1. The first-order valence-electron chi connectivity index (χ1n) is 5.29. The Labute approximate surface area is 89.0 Å². The quantitative estimate of drug-likeness (QED) is 0.576. The van der Waals surface area contributed by atoms with Gasteiger partial charge in [0, 0.05) is 11.8 Å². The van der Waals surface area contributed by atoms with E-state index in [-0.39, 0.29) is 12.8 Å². The van der Waals surface area contributed by atoms with Crippen molar-refractivity contribution in [2.45, 2.75) is 49.9 Å². The molecule has 0 saturated heterocycles. The zero-order chi connectivity index (χ0) is 12.0. The molecule has 0 N–H and O–H groups in total. The fraction of sp³-hybridized carbons (Fsp3) is 1.00. The van der Waals surface area contributed by atoms with Gasteiger partial charge in [-0.1, -0.05) is 0 Å². The van der Waals surface area contributed by atoms with Gasteiger partial charge in [0.15, 0.2) is 12.3 Å². The zero-order valence-electron chi connectivity index (χ0n) is 8.30. The molecule has 8 atom stereocenters. The molecule has 8 unspecified atom stereocenters. The third-order valence-corrected chi connectivity index (χ3v) is 3.67. The van der Waals surface area contributed by atoms with Crippen LogP contribution in [0.4, 0.5) is 26.3 Å². The van der Waals surface area contributed by atoms with E-state index >= 15 is 0 Å². The first-order chi connectivity index (χ1) is 7.45. The van der Waals surface area contributed by atoms with Gasteiger partial charge in [-0.2, -0.15) is 0 Å². The fourth-order valence-corrected chi connectivity index (χ4v) is 2.76. The molecule has 0 bridgehead atoms. The Morgan fingerprint density at radius 3 is 1.75 bits per heavy atom. The Morgan fingerprint density at radius 2 is 1.12 bits per heavy atom. The van der Waals surface area contributed by atoms with E-state index in [4.69, 9.17) is 0 Å². The maximum Gasteiger partial charge on any atom is 0.165 e. The van der Waals surface area contributed by atoms with Gasteiger partial charge in [0.1, 0.15) is 24.7 Å². The van der Waals surface area contributed by atoms with E-state index in [9.17, 15) is 26.3 Å². The van der Waals surface area contributed by atoms with E-state index in [1.54, 1.807) is 0 Å². The van der Waals surface area contributed by atoms with Crippen molar-refractivity contribution in [2.75, 3.05) is 0 Å². The molecule has 6 heteroatoms. The number of fused-ring (bicyclic) bond motifs is 1. The smallest absolute Gasteiger partial charge is 0.165 e. The summed E-state index contributed by atoms with van der Waals surface area (Å²) in [7, 11) is 0. The molecule has 2 rings (SSSR count). The molecule has 0 aliphatic heterocycles. The van der Waals surface area contributed by atoms with Crippen LogP contribution in [0.5, 0.6) is 0 Å². The van der Waals surface area contributed by atoms with Crippen LogP contribution in [0.15, 0.2) is 0 Å². The van der Waals surface area contributed by atoms with Crippen LogP contribution in [0, 0.1) is 11.8 Å². The summed E-state index contributed by atoms with van der Waals surface area (Å²) >= 11 is 0. The first-order valence-corrected chi connectivity index (χ1v) is 5.29. The minimum atomic E-state index is -2.69. The second-order valence-electron chi connectivity index (χ2n) is 4.56. The van der Waals surface area contributed by atoms with Crippen molar-refractivity contribution in [3.63, 3.8) is 0 Å². The van der Waals surface area contributed by atoms with Crippen molar-refractivity contribution < 1.29 is 26.3 Å². The van der Waals surface area contributed by atoms with Crippen LogP contribution >= 0.6 is 0 Å². The molecule has 94 valence electrons. The number of alkyl halides is 6. The summed E-state index contributed by atoms with van der Waals surface area (Å²) in [6.45, 7) is 0. The molecule has 0 aromatic heterocycles. The van der Waals surface area contributed by atoms with E-state index in [1.807, 2.05) is 0 Å². The van der Waals surface area contributed by atoms with Crippen LogP contribution in [0.1, 0.15) is 12.8 Å². The van der Waals surface area contributed by atoms with Crippen molar-refractivity contribution in [1.29, 1.82) is 0 Å². The van der Waals surface area contributed by atoms with Gasteiger partial charge in [0.05, 0.1) is 0 Å². The van der Waals surface area contributed by atoms with Gasteiger partial charge in [0.25, 0.3) is 0 Å². The highest BCUT2D eigenvalue weighted by Gasteiger charge is 2.58. The van der Waals surface area contributed by atoms with Gasteiger partial charge in [0.2, 0.25) is 0 Å². The molecule has 2 aliphatic rings. The molecule has 0 nitrogen and oxygen atoms in total. The number of rotatable bonds is 0. The minimum Gasteiger partial charge on any atom is -0.244 e. The lowest BCUT2D eigenvalue weighted by molar-refractivity contribution is -0.130. The van der Waals surface area contributed by atoms with E-state index in [0.29, 0.717) is 0 Å². The molecular weight excluding hydrogens is 234 g/mol. The average molecular weight is 246 g/mol. The standard InChI is InChI=1S/C10H12F6/c11-4-2-1-3-5(7(4)13)8(14)10(16)9(15)6(3)12/h3-10H,1-2H2. The van der Waals surface area contributed by atoms with Crippen molar-refractivity contribution in [3.05, 3.63) is 0 Å². The van der Waals surface area contributed by atoms with Crippen molar-refractivity contribution in [1.82, 2.24) is 0 Å². The predicted molar refractivity (Wildman–Crippen MR) is 45.6 cm³/mol. The Morgan fingerprint density at radius 1 is 0.562 bits per heavy atom. The minimum absolute atomic E-state index is 0.138. The Hall–Kier alpha value is -0.420. The van der Waals surface area contributed by atoms with Gasteiger partial charge in [-0.15, -0.1) is 0 Å². The van der Waals surface area contributed by atoms with Gasteiger partial charge >= 0.3 is 0 Å². The largest absolute Gasteiger partial charge is 0.244 e. The van der Waals surface area contributed by atoms with Crippen molar-refractivity contribution in [2.24, 2.45) is 11.8 Å². The summed E-state index contributed by atoms with van der Waals surface area (Å²) in [5, 5.41) is 0. The zero-order valence-corrected chi connectivity index (χ0v) is 8.30.